The number of nitrogens with one attached hydrogen (secondary N) is 1. The van der Waals surface area contributed by atoms with Crippen LogP contribution >= 0.6 is 0 Å². The molecule has 1 aliphatic rings. The Balaban J connectivity index is 1.70. The number of nitrogens with zero attached hydrogens (tertiary/aromatic N) is 3. The Morgan fingerprint density at radius 1 is 1.16 bits per heavy atom. The van der Waals surface area contributed by atoms with Crippen LogP contribution in [0.5, 0.6) is 0 Å². The molecule has 0 atom stereocenters. The Morgan fingerprint density at radius 3 is 2.60 bits per heavy atom. The van der Waals surface area contributed by atoms with E-state index in [0.717, 1.165) is 38.1 Å². The summed E-state index contributed by atoms with van der Waals surface area (Å²) in [6.07, 6.45) is -0.825. The van der Waals surface area contributed by atoms with Gasteiger partial charge in [-0.05, 0) is 31.0 Å². The topological polar surface area (TPSA) is 58.1 Å². The van der Waals surface area contributed by atoms with Crippen LogP contribution in [0.4, 0.5) is 19.1 Å². The number of hydrogen-bond donors (Lipinski definition) is 1. The molecule has 2 heterocycles. The number of halogens is 3. The number of aromatic nitrogens is 2. The molecule has 0 spiro atoms. The molecule has 0 radical (unpaired) electrons. The zero-order chi connectivity index (χ0) is 17.9. The first-order chi connectivity index (χ1) is 11.9. The maximum atomic E-state index is 13.0. The third-order valence-corrected chi connectivity index (χ3v) is 4.00. The number of benzene rings is 1. The third-order valence-electron chi connectivity index (χ3n) is 4.00. The van der Waals surface area contributed by atoms with Gasteiger partial charge in [0.05, 0.1) is 23.4 Å². The standard InChI is InChI=1S/C17H17F3N4O/c18-17(19,20)14-6-2-1-5-13(14)15(25)22-11-12-7-8-21-16(23-12)24-9-3-4-10-24/h1-2,5-8H,3-4,9-11H2,(H,22,25). The lowest BCUT2D eigenvalue weighted by Crippen LogP contribution is -2.27. The number of alkyl halides is 3. The number of rotatable bonds is 4. The molecular formula is C17H17F3N4O. The van der Waals surface area contributed by atoms with Gasteiger partial charge in [0.15, 0.2) is 0 Å². The van der Waals surface area contributed by atoms with E-state index in [-0.39, 0.29) is 6.54 Å². The van der Waals surface area contributed by atoms with Gasteiger partial charge in [-0.1, -0.05) is 12.1 Å². The summed E-state index contributed by atoms with van der Waals surface area (Å²) in [5.41, 5.74) is -0.800. The van der Waals surface area contributed by atoms with Crippen molar-refractivity contribution in [3.63, 3.8) is 0 Å². The van der Waals surface area contributed by atoms with Gasteiger partial charge in [0.25, 0.3) is 5.91 Å². The summed E-state index contributed by atoms with van der Waals surface area (Å²) in [5, 5.41) is 2.50. The van der Waals surface area contributed by atoms with Crippen molar-refractivity contribution in [2.45, 2.75) is 25.6 Å². The van der Waals surface area contributed by atoms with Crippen molar-refractivity contribution < 1.29 is 18.0 Å². The number of amides is 1. The van der Waals surface area contributed by atoms with Gasteiger partial charge in [-0.2, -0.15) is 13.2 Å². The highest BCUT2D eigenvalue weighted by Crippen LogP contribution is 2.31. The first kappa shape index (κ1) is 17.2. The summed E-state index contributed by atoms with van der Waals surface area (Å²) in [7, 11) is 0. The molecule has 132 valence electrons. The van der Waals surface area contributed by atoms with E-state index in [9.17, 15) is 18.0 Å². The van der Waals surface area contributed by atoms with E-state index in [1.54, 1.807) is 12.3 Å². The third kappa shape index (κ3) is 4.07. The molecule has 0 bridgehead atoms. The summed E-state index contributed by atoms with van der Waals surface area (Å²) in [6, 6.07) is 6.35. The van der Waals surface area contributed by atoms with E-state index in [2.05, 4.69) is 15.3 Å². The molecule has 0 unspecified atom stereocenters. The molecule has 1 N–H and O–H groups in total. The Morgan fingerprint density at radius 2 is 1.88 bits per heavy atom. The van der Waals surface area contributed by atoms with E-state index < -0.39 is 23.2 Å². The minimum Gasteiger partial charge on any atom is -0.346 e. The Kier molecular flexibility index (Phi) is 4.87. The zero-order valence-electron chi connectivity index (χ0n) is 13.4. The minimum absolute atomic E-state index is 0.0361. The highest BCUT2D eigenvalue weighted by atomic mass is 19.4. The number of carbonyl (C=O) groups excluding carboxylic acids is 1. The molecule has 2 aromatic rings. The summed E-state index contributed by atoms with van der Waals surface area (Å²) in [6.45, 7) is 1.80. The van der Waals surface area contributed by atoms with Gasteiger partial charge in [-0.25, -0.2) is 9.97 Å². The molecule has 1 aliphatic heterocycles. The van der Waals surface area contributed by atoms with Crippen LogP contribution < -0.4 is 10.2 Å². The fourth-order valence-electron chi connectivity index (χ4n) is 2.75. The van der Waals surface area contributed by atoms with Crippen molar-refractivity contribution >= 4 is 11.9 Å². The Labute approximate surface area is 142 Å². The molecule has 1 aromatic heterocycles. The van der Waals surface area contributed by atoms with Crippen LogP contribution in [0.3, 0.4) is 0 Å². The second kappa shape index (κ2) is 7.08. The fraction of sp³-hybridized carbons (Fsp3) is 0.353. The van der Waals surface area contributed by atoms with Gasteiger partial charge < -0.3 is 10.2 Å². The van der Waals surface area contributed by atoms with Gasteiger partial charge >= 0.3 is 6.18 Å². The molecule has 25 heavy (non-hydrogen) atoms. The molecular weight excluding hydrogens is 333 g/mol. The molecule has 5 nitrogen and oxygen atoms in total. The minimum atomic E-state index is -4.58. The van der Waals surface area contributed by atoms with Crippen LogP contribution in [0.15, 0.2) is 36.5 Å². The summed E-state index contributed by atoms with van der Waals surface area (Å²) in [5.74, 6) is -0.200. The maximum Gasteiger partial charge on any atom is 0.417 e. The first-order valence-electron chi connectivity index (χ1n) is 7.96. The zero-order valence-corrected chi connectivity index (χ0v) is 13.4. The van der Waals surface area contributed by atoms with E-state index >= 15 is 0 Å². The van der Waals surface area contributed by atoms with Crippen molar-refractivity contribution in [1.82, 2.24) is 15.3 Å². The lowest BCUT2D eigenvalue weighted by molar-refractivity contribution is -0.137. The quantitative estimate of drug-likeness (QED) is 0.921. The van der Waals surface area contributed by atoms with Gasteiger partial charge in [0, 0.05) is 19.3 Å². The predicted molar refractivity (Wildman–Crippen MR) is 86.1 cm³/mol. The van der Waals surface area contributed by atoms with Crippen molar-refractivity contribution in [2.75, 3.05) is 18.0 Å². The van der Waals surface area contributed by atoms with E-state index in [1.165, 1.54) is 12.1 Å². The average molecular weight is 350 g/mol. The van der Waals surface area contributed by atoms with Gasteiger partial charge in [0.1, 0.15) is 0 Å². The van der Waals surface area contributed by atoms with Crippen LogP contribution in [0, 0.1) is 0 Å². The highest BCUT2D eigenvalue weighted by molar-refractivity contribution is 5.95. The van der Waals surface area contributed by atoms with Crippen molar-refractivity contribution in [1.29, 1.82) is 0 Å². The summed E-state index contributed by atoms with van der Waals surface area (Å²) in [4.78, 5) is 22.8. The van der Waals surface area contributed by atoms with Gasteiger partial charge in [-0.3, -0.25) is 4.79 Å². The van der Waals surface area contributed by atoms with Crippen LogP contribution in [-0.4, -0.2) is 29.0 Å². The molecule has 8 heteroatoms. The largest absolute Gasteiger partial charge is 0.417 e. The highest BCUT2D eigenvalue weighted by Gasteiger charge is 2.34. The second-order valence-electron chi connectivity index (χ2n) is 5.77. The molecule has 1 aromatic carbocycles. The lowest BCUT2D eigenvalue weighted by Gasteiger charge is -2.16. The van der Waals surface area contributed by atoms with E-state index in [0.29, 0.717) is 11.6 Å². The van der Waals surface area contributed by atoms with E-state index in [4.69, 9.17) is 0 Å². The molecule has 0 saturated carbocycles. The van der Waals surface area contributed by atoms with Gasteiger partial charge in [-0.15, -0.1) is 0 Å². The van der Waals surface area contributed by atoms with Crippen molar-refractivity contribution in [3.05, 3.63) is 53.3 Å². The van der Waals surface area contributed by atoms with Crippen LogP contribution in [0.25, 0.3) is 0 Å². The summed E-state index contributed by atoms with van der Waals surface area (Å²) >= 11 is 0. The Bertz CT molecular complexity index is 758. The first-order valence-corrected chi connectivity index (χ1v) is 7.96. The van der Waals surface area contributed by atoms with Gasteiger partial charge in [0.2, 0.25) is 5.95 Å². The molecule has 1 amide bonds. The van der Waals surface area contributed by atoms with Crippen LogP contribution in [0.1, 0.15) is 34.5 Å². The molecule has 1 saturated heterocycles. The normalized spacial score (nSPS) is 14.6. The second-order valence-corrected chi connectivity index (χ2v) is 5.77. The maximum absolute atomic E-state index is 13.0. The van der Waals surface area contributed by atoms with E-state index in [1.807, 2.05) is 4.90 Å². The monoisotopic (exact) mass is 350 g/mol. The molecule has 1 fully saturated rings. The predicted octanol–water partition coefficient (Wildman–Crippen LogP) is 3.03. The molecule has 0 aliphatic carbocycles. The lowest BCUT2D eigenvalue weighted by atomic mass is 10.1. The number of carbonyl (C=O) groups is 1. The van der Waals surface area contributed by atoms with Crippen LogP contribution in [0.2, 0.25) is 0 Å². The summed E-state index contributed by atoms with van der Waals surface area (Å²) < 4.78 is 39.0. The number of anilines is 1. The SMILES string of the molecule is O=C(NCc1ccnc(N2CCCC2)n1)c1ccccc1C(F)(F)F. The number of hydrogen-bond acceptors (Lipinski definition) is 4. The smallest absolute Gasteiger partial charge is 0.346 e. The average Bonchev–Trinajstić information content (AvgIpc) is 3.14. The van der Waals surface area contributed by atoms with Crippen LogP contribution in [-0.2, 0) is 12.7 Å². The van der Waals surface area contributed by atoms with Crippen molar-refractivity contribution in [3.8, 4) is 0 Å². The van der Waals surface area contributed by atoms with Crippen molar-refractivity contribution in [2.24, 2.45) is 0 Å². The fourth-order valence-corrected chi connectivity index (χ4v) is 2.75. The Hall–Kier alpha value is -2.64. The molecule has 3 rings (SSSR count).